The highest BCUT2D eigenvalue weighted by atomic mass is 19.4. The van der Waals surface area contributed by atoms with Crippen LogP contribution in [0.4, 0.5) is 17.6 Å². The average Bonchev–Trinajstić information content (AvgIpc) is 3.55. The lowest BCUT2D eigenvalue weighted by Gasteiger charge is -2.42. The lowest BCUT2D eigenvalue weighted by molar-refractivity contribution is -0.274. The van der Waals surface area contributed by atoms with Gasteiger partial charge >= 0.3 is 6.36 Å². The fourth-order valence-corrected chi connectivity index (χ4v) is 5.35. The first-order valence-corrected chi connectivity index (χ1v) is 14.5. The van der Waals surface area contributed by atoms with E-state index in [9.17, 15) is 27.2 Å². The number of H-pyrrole nitrogens is 1. The SMILES string of the molecule is O=C(NCc1cc(OC(F)(F)F)ccc1F)c1cn(CCCCc2cc3cc(C4CN(C(=O)C5CCC5)C4)[nH]c3nn2)nn1. The van der Waals surface area contributed by atoms with E-state index in [1.165, 1.54) is 10.9 Å². The van der Waals surface area contributed by atoms with E-state index in [0.29, 0.717) is 13.0 Å². The molecule has 1 saturated heterocycles. The first kappa shape index (κ1) is 29.5. The lowest BCUT2D eigenvalue weighted by Crippen LogP contribution is -2.51. The van der Waals surface area contributed by atoms with Gasteiger partial charge in [-0.3, -0.25) is 14.3 Å². The van der Waals surface area contributed by atoms with E-state index in [0.717, 1.165) is 85.8 Å². The van der Waals surface area contributed by atoms with Crippen LogP contribution >= 0.6 is 0 Å². The van der Waals surface area contributed by atoms with Crippen molar-refractivity contribution in [1.82, 2.24) is 40.4 Å². The number of nitrogens with one attached hydrogen (secondary N) is 2. The van der Waals surface area contributed by atoms with Gasteiger partial charge < -0.3 is 19.9 Å². The maximum Gasteiger partial charge on any atom is 0.573 e. The second-order valence-corrected chi connectivity index (χ2v) is 11.2. The van der Waals surface area contributed by atoms with Gasteiger partial charge in [0.25, 0.3) is 5.91 Å². The van der Waals surface area contributed by atoms with Crippen LogP contribution in [0.15, 0.2) is 36.5 Å². The monoisotopic (exact) mass is 614 g/mol. The fraction of sp³-hybridized carbons (Fsp3) is 0.448. The van der Waals surface area contributed by atoms with E-state index in [1.807, 2.05) is 11.0 Å². The fourth-order valence-electron chi connectivity index (χ4n) is 5.35. The van der Waals surface area contributed by atoms with Gasteiger partial charge in [-0.05, 0) is 62.4 Å². The topological polar surface area (TPSA) is 131 Å². The molecule has 6 rings (SSSR count). The van der Waals surface area contributed by atoms with Crippen LogP contribution in [0, 0.1) is 11.7 Å². The van der Waals surface area contributed by atoms with Crippen LogP contribution in [0.1, 0.15) is 65.5 Å². The number of hydrogen-bond acceptors (Lipinski definition) is 7. The Morgan fingerprint density at radius 2 is 1.89 bits per heavy atom. The zero-order valence-electron chi connectivity index (χ0n) is 23.6. The van der Waals surface area contributed by atoms with E-state index in [2.05, 4.69) is 41.6 Å². The summed E-state index contributed by atoms with van der Waals surface area (Å²) in [6.45, 7) is 1.61. The Hall–Kier alpha value is -4.56. The number of alkyl halides is 3. The number of unbranched alkanes of at least 4 members (excludes halogenated alkanes) is 1. The zero-order valence-corrected chi connectivity index (χ0v) is 23.6. The summed E-state index contributed by atoms with van der Waals surface area (Å²) in [5.41, 5.74) is 2.48. The van der Waals surface area contributed by atoms with Crippen LogP contribution in [0.25, 0.3) is 11.0 Å². The Morgan fingerprint density at radius 3 is 2.64 bits per heavy atom. The molecular formula is C29H30F4N8O3. The molecule has 2 aliphatic rings. The predicted octanol–water partition coefficient (Wildman–Crippen LogP) is 4.27. The molecule has 232 valence electrons. The minimum absolute atomic E-state index is 0.00493. The van der Waals surface area contributed by atoms with E-state index in [1.54, 1.807) is 0 Å². The molecule has 4 heterocycles. The summed E-state index contributed by atoms with van der Waals surface area (Å²) in [7, 11) is 0. The number of amides is 2. The van der Waals surface area contributed by atoms with E-state index >= 15 is 0 Å². The van der Waals surface area contributed by atoms with Crippen LogP contribution in [0.2, 0.25) is 0 Å². The number of halogens is 4. The number of benzene rings is 1. The van der Waals surface area contributed by atoms with Crippen molar-refractivity contribution in [2.75, 3.05) is 13.1 Å². The Labute approximate surface area is 249 Å². The van der Waals surface area contributed by atoms with Crippen LogP contribution in [0.3, 0.4) is 0 Å². The number of rotatable bonds is 11. The first-order chi connectivity index (χ1) is 21.1. The minimum Gasteiger partial charge on any atom is -0.406 e. The van der Waals surface area contributed by atoms with Crippen LogP contribution in [-0.2, 0) is 24.3 Å². The highest BCUT2D eigenvalue weighted by Gasteiger charge is 2.38. The molecule has 11 nitrogen and oxygen atoms in total. The van der Waals surface area contributed by atoms with Gasteiger partial charge in [-0.2, -0.15) is 5.10 Å². The van der Waals surface area contributed by atoms with Crippen molar-refractivity contribution < 1.29 is 31.9 Å². The molecule has 2 N–H and O–H groups in total. The summed E-state index contributed by atoms with van der Waals surface area (Å²) in [6.07, 6.45) is 1.92. The third-order valence-corrected chi connectivity index (χ3v) is 8.07. The number of nitrogens with zero attached hydrogens (tertiary/aromatic N) is 6. The van der Waals surface area contributed by atoms with Crippen molar-refractivity contribution in [2.24, 2.45) is 5.92 Å². The molecule has 2 fully saturated rings. The van der Waals surface area contributed by atoms with Gasteiger partial charge in [0.05, 0.1) is 11.9 Å². The van der Waals surface area contributed by atoms with Gasteiger partial charge in [-0.15, -0.1) is 23.4 Å². The molecule has 2 amide bonds. The number of aromatic nitrogens is 6. The molecule has 1 aromatic carbocycles. The minimum atomic E-state index is -4.92. The smallest absolute Gasteiger partial charge is 0.406 e. The number of aryl methyl sites for hydroxylation is 2. The van der Waals surface area contributed by atoms with E-state index in [-0.39, 0.29) is 35.5 Å². The maximum atomic E-state index is 14.0. The van der Waals surface area contributed by atoms with Gasteiger partial charge in [0, 0.05) is 54.7 Å². The number of hydrogen-bond donors (Lipinski definition) is 2. The van der Waals surface area contributed by atoms with Gasteiger partial charge in [-0.1, -0.05) is 11.6 Å². The van der Waals surface area contributed by atoms with Crippen molar-refractivity contribution in [3.63, 3.8) is 0 Å². The van der Waals surface area contributed by atoms with Crippen LogP contribution in [-0.4, -0.2) is 66.3 Å². The van der Waals surface area contributed by atoms with Crippen molar-refractivity contribution in [1.29, 1.82) is 0 Å². The molecule has 0 unspecified atom stereocenters. The summed E-state index contributed by atoms with van der Waals surface area (Å²) < 4.78 is 56.6. The number of ether oxygens (including phenoxy) is 1. The zero-order chi connectivity index (χ0) is 30.8. The summed E-state index contributed by atoms with van der Waals surface area (Å²) in [4.78, 5) is 30.1. The molecule has 1 aliphatic carbocycles. The van der Waals surface area contributed by atoms with Crippen LogP contribution in [0.5, 0.6) is 5.75 Å². The lowest BCUT2D eigenvalue weighted by atomic mass is 9.82. The van der Waals surface area contributed by atoms with Gasteiger partial charge in [0.2, 0.25) is 5.91 Å². The second-order valence-electron chi connectivity index (χ2n) is 11.2. The Balaban J connectivity index is 0.942. The molecule has 3 aromatic heterocycles. The standard InChI is InChI=1S/C29H30F4N8O3/c30-23-8-7-22(44-29(31,32)33)11-19(23)13-34-27(42)25-16-41(39-37-25)9-2-1-6-21-10-18-12-24(35-26(18)38-36-21)20-14-40(15-20)28(43)17-4-3-5-17/h7-8,10-12,16-17,20H,1-6,9,13-15H2,(H,34,42)(H,35,38). The second kappa shape index (κ2) is 12.2. The number of carbonyl (C=O) groups is 2. The van der Waals surface area contributed by atoms with Gasteiger partial charge in [0.15, 0.2) is 11.3 Å². The Bertz CT molecular complexity index is 1660. The molecule has 0 spiro atoms. The van der Waals surface area contributed by atoms with Gasteiger partial charge in [-0.25, -0.2) is 4.39 Å². The third-order valence-electron chi connectivity index (χ3n) is 8.07. The largest absolute Gasteiger partial charge is 0.573 e. The van der Waals surface area contributed by atoms with Crippen molar-refractivity contribution in [2.45, 2.75) is 63.9 Å². The summed E-state index contributed by atoms with van der Waals surface area (Å²) in [5.74, 6) is -1.22. The predicted molar refractivity (Wildman–Crippen MR) is 148 cm³/mol. The van der Waals surface area contributed by atoms with Crippen molar-refractivity contribution >= 4 is 22.8 Å². The van der Waals surface area contributed by atoms with E-state index in [4.69, 9.17) is 0 Å². The summed E-state index contributed by atoms with van der Waals surface area (Å²) in [5, 5.41) is 19.9. The van der Waals surface area contributed by atoms with Gasteiger partial charge in [0.1, 0.15) is 11.6 Å². The quantitative estimate of drug-likeness (QED) is 0.191. The van der Waals surface area contributed by atoms with Crippen molar-refractivity contribution in [3.8, 4) is 5.75 Å². The molecule has 0 radical (unpaired) electrons. The highest BCUT2D eigenvalue weighted by Crippen LogP contribution is 2.34. The van der Waals surface area contributed by atoms with Crippen LogP contribution < -0.4 is 10.1 Å². The number of aromatic amines is 1. The Morgan fingerprint density at radius 1 is 1.07 bits per heavy atom. The number of carbonyl (C=O) groups excluding carboxylic acids is 2. The molecule has 44 heavy (non-hydrogen) atoms. The first-order valence-electron chi connectivity index (χ1n) is 14.5. The Kier molecular flexibility index (Phi) is 8.19. The van der Waals surface area contributed by atoms with Crippen molar-refractivity contribution in [3.05, 3.63) is 65.0 Å². The summed E-state index contributed by atoms with van der Waals surface area (Å²) >= 11 is 0. The summed E-state index contributed by atoms with van der Waals surface area (Å²) in [6, 6.07) is 6.67. The molecule has 15 heteroatoms. The molecule has 1 saturated carbocycles. The normalized spacial score (nSPS) is 15.7. The maximum absolute atomic E-state index is 14.0. The molecular weight excluding hydrogens is 584 g/mol. The molecule has 0 bridgehead atoms. The third kappa shape index (κ3) is 6.81. The molecule has 4 aromatic rings. The number of likely N-dealkylation sites (tertiary alicyclic amines) is 1. The highest BCUT2D eigenvalue weighted by molar-refractivity contribution is 5.91. The molecule has 1 aliphatic heterocycles. The number of fused-ring (bicyclic) bond motifs is 1. The van der Waals surface area contributed by atoms with E-state index < -0.39 is 23.8 Å². The molecule has 0 atom stereocenters. The average molecular weight is 615 g/mol.